The number of benzene rings is 2. The average Bonchev–Trinajstić information content (AvgIpc) is 2.88. The number of hydrazone groups is 1. The van der Waals surface area contributed by atoms with E-state index in [4.69, 9.17) is 27.9 Å². The van der Waals surface area contributed by atoms with E-state index in [0.29, 0.717) is 42.8 Å². The van der Waals surface area contributed by atoms with Crippen LogP contribution in [0.1, 0.15) is 12.5 Å². The second-order valence-corrected chi connectivity index (χ2v) is 7.18. The van der Waals surface area contributed by atoms with E-state index in [1.165, 1.54) is 12.1 Å². The predicted molar refractivity (Wildman–Crippen MR) is 107 cm³/mol. The topological polar surface area (TPSA) is 62.1 Å². The lowest BCUT2D eigenvalue weighted by atomic mass is 10.1. The van der Waals surface area contributed by atoms with E-state index < -0.39 is 0 Å². The van der Waals surface area contributed by atoms with Crippen molar-refractivity contribution < 1.29 is 14.6 Å². The number of halogens is 3. The Kier molecular flexibility index (Phi) is 5.27. The standard InChI is InChI=1S/C18H13BrCl2N2O3/c1-9-12(5-10-6-13(19)17(24)16(7-10)26-2)18(25)23(22-9)11-3-4-14(20)15(21)8-11/h3-8,24H,1-2H3. The monoisotopic (exact) mass is 454 g/mol. The van der Waals surface area contributed by atoms with Crippen LogP contribution in [0.3, 0.4) is 0 Å². The number of phenols is 1. The molecule has 1 heterocycles. The van der Waals surface area contributed by atoms with Crippen LogP contribution >= 0.6 is 39.1 Å². The zero-order valence-electron chi connectivity index (χ0n) is 13.8. The van der Waals surface area contributed by atoms with Gasteiger partial charge in [-0.2, -0.15) is 10.1 Å². The van der Waals surface area contributed by atoms with Gasteiger partial charge in [0.05, 0.1) is 38.6 Å². The van der Waals surface area contributed by atoms with Crippen molar-refractivity contribution in [3.63, 3.8) is 0 Å². The number of carbonyl (C=O) groups is 1. The van der Waals surface area contributed by atoms with Crippen LogP contribution in [0.25, 0.3) is 6.08 Å². The maximum atomic E-state index is 12.8. The molecular formula is C18H13BrCl2N2O3. The molecule has 0 fully saturated rings. The number of phenolic OH excluding ortho intramolecular Hbond substituents is 1. The molecule has 1 aliphatic rings. The Balaban J connectivity index is 1.99. The Bertz CT molecular complexity index is 973. The van der Waals surface area contributed by atoms with E-state index in [1.807, 2.05) is 0 Å². The molecule has 1 aliphatic heterocycles. The molecule has 3 rings (SSSR count). The van der Waals surface area contributed by atoms with Crippen molar-refractivity contribution in [2.45, 2.75) is 6.92 Å². The summed E-state index contributed by atoms with van der Waals surface area (Å²) < 4.78 is 5.60. The molecule has 0 bridgehead atoms. The van der Waals surface area contributed by atoms with Crippen LogP contribution in [-0.2, 0) is 4.79 Å². The summed E-state index contributed by atoms with van der Waals surface area (Å²) in [5.41, 5.74) is 2.19. The number of anilines is 1. The summed E-state index contributed by atoms with van der Waals surface area (Å²) in [6.07, 6.45) is 1.69. The lowest BCUT2D eigenvalue weighted by Crippen LogP contribution is -2.21. The number of aromatic hydroxyl groups is 1. The summed E-state index contributed by atoms with van der Waals surface area (Å²) in [5, 5.41) is 16.2. The Morgan fingerprint density at radius 1 is 1.23 bits per heavy atom. The van der Waals surface area contributed by atoms with E-state index in [2.05, 4.69) is 21.0 Å². The summed E-state index contributed by atoms with van der Waals surface area (Å²) in [4.78, 5) is 12.8. The highest BCUT2D eigenvalue weighted by molar-refractivity contribution is 9.10. The minimum atomic E-state index is -0.288. The second kappa shape index (κ2) is 7.31. The molecule has 2 aromatic rings. The lowest BCUT2D eigenvalue weighted by Gasteiger charge is -2.12. The Hall–Kier alpha value is -2.02. The number of hydrogen-bond donors (Lipinski definition) is 1. The maximum absolute atomic E-state index is 12.8. The van der Waals surface area contributed by atoms with E-state index in [1.54, 1.807) is 43.3 Å². The molecule has 1 amide bonds. The largest absolute Gasteiger partial charge is 0.503 e. The van der Waals surface area contributed by atoms with Gasteiger partial charge in [0, 0.05) is 0 Å². The average molecular weight is 456 g/mol. The first kappa shape index (κ1) is 18.8. The fraction of sp³-hybridized carbons (Fsp3) is 0.111. The van der Waals surface area contributed by atoms with Gasteiger partial charge in [-0.1, -0.05) is 23.2 Å². The molecule has 26 heavy (non-hydrogen) atoms. The molecule has 1 N–H and O–H groups in total. The number of ether oxygens (including phenoxy) is 1. The van der Waals surface area contributed by atoms with Crippen molar-refractivity contribution in [2.75, 3.05) is 12.1 Å². The van der Waals surface area contributed by atoms with E-state index in [9.17, 15) is 9.90 Å². The highest BCUT2D eigenvalue weighted by atomic mass is 79.9. The number of rotatable bonds is 3. The first-order valence-electron chi connectivity index (χ1n) is 7.45. The van der Waals surface area contributed by atoms with Crippen molar-refractivity contribution in [1.82, 2.24) is 0 Å². The van der Waals surface area contributed by atoms with Crippen molar-refractivity contribution in [3.8, 4) is 11.5 Å². The third-order valence-electron chi connectivity index (χ3n) is 3.79. The van der Waals surface area contributed by atoms with Gasteiger partial charge in [0.25, 0.3) is 5.91 Å². The van der Waals surface area contributed by atoms with Gasteiger partial charge in [-0.15, -0.1) is 0 Å². The van der Waals surface area contributed by atoms with Crippen LogP contribution < -0.4 is 9.75 Å². The summed E-state index contributed by atoms with van der Waals surface area (Å²) in [6.45, 7) is 1.74. The van der Waals surface area contributed by atoms with Crippen molar-refractivity contribution in [1.29, 1.82) is 0 Å². The SMILES string of the molecule is COc1cc(C=C2C(=O)N(c3ccc(Cl)c(Cl)c3)N=C2C)cc(Br)c1O. The number of carbonyl (C=O) groups excluding carboxylic acids is 1. The van der Waals surface area contributed by atoms with Gasteiger partial charge >= 0.3 is 0 Å². The molecule has 0 saturated carbocycles. The van der Waals surface area contributed by atoms with Gasteiger partial charge in [-0.25, -0.2) is 0 Å². The fourth-order valence-electron chi connectivity index (χ4n) is 2.48. The van der Waals surface area contributed by atoms with Crippen LogP contribution in [0, 0.1) is 0 Å². The molecule has 0 atom stereocenters. The number of nitrogens with zero attached hydrogens (tertiary/aromatic N) is 2. The Labute approximate surface area is 168 Å². The second-order valence-electron chi connectivity index (χ2n) is 5.51. The normalized spacial score (nSPS) is 15.6. The van der Waals surface area contributed by atoms with Gasteiger partial charge in [0.2, 0.25) is 0 Å². The van der Waals surface area contributed by atoms with E-state index >= 15 is 0 Å². The number of methoxy groups -OCH3 is 1. The zero-order valence-corrected chi connectivity index (χ0v) is 16.9. The molecule has 0 spiro atoms. The predicted octanol–water partition coefficient (Wildman–Crippen LogP) is 5.28. The Morgan fingerprint density at radius 3 is 2.62 bits per heavy atom. The molecule has 2 aromatic carbocycles. The number of hydrogen-bond acceptors (Lipinski definition) is 4. The first-order valence-corrected chi connectivity index (χ1v) is 9.00. The van der Waals surface area contributed by atoms with E-state index in [0.717, 1.165) is 0 Å². The molecule has 0 aromatic heterocycles. The minimum absolute atomic E-state index is 0.00443. The molecule has 8 heteroatoms. The smallest absolute Gasteiger partial charge is 0.280 e. The zero-order chi connectivity index (χ0) is 19.0. The van der Waals surface area contributed by atoms with Crippen molar-refractivity contribution >= 4 is 62.5 Å². The molecular weight excluding hydrogens is 443 g/mol. The molecule has 134 valence electrons. The van der Waals surface area contributed by atoms with Crippen LogP contribution in [0.15, 0.2) is 45.5 Å². The highest BCUT2D eigenvalue weighted by Gasteiger charge is 2.29. The minimum Gasteiger partial charge on any atom is -0.503 e. The van der Waals surface area contributed by atoms with Crippen molar-refractivity contribution in [3.05, 3.63) is 56.0 Å². The summed E-state index contributed by atoms with van der Waals surface area (Å²) in [5.74, 6) is 0.00637. The summed E-state index contributed by atoms with van der Waals surface area (Å²) >= 11 is 15.2. The van der Waals surface area contributed by atoms with Crippen LogP contribution in [0.5, 0.6) is 11.5 Å². The Morgan fingerprint density at radius 2 is 1.96 bits per heavy atom. The fourth-order valence-corrected chi connectivity index (χ4v) is 3.23. The van der Waals surface area contributed by atoms with Crippen LogP contribution in [0.2, 0.25) is 10.0 Å². The number of amides is 1. The summed E-state index contributed by atoms with van der Waals surface area (Å²) in [7, 11) is 1.46. The van der Waals surface area contributed by atoms with Gasteiger partial charge in [-0.05, 0) is 64.8 Å². The third kappa shape index (κ3) is 3.45. The molecule has 5 nitrogen and oxygen atoms in total. The van der Waals surface area contributed by atoms with Gasteiger partial charge < -0.3 is 9.84 Å². The maximum Gasteiger partial charge on any atom is 0.280 e. The van der Waals surface area contributed by atoms with Crippen LogP contribution in [-0.4, -0.2) is 23.8 Å². The van der Waals surface area contributed by atoms with E-state index in [-0.39, 0.29) is 11.7 Å². The van der Waals surface area contributed by atoms with Crippen molar-refractivity contribution in [2.24, 2.45) is 5.10 Å². The van der Waals surface area contributed by atoms with Crippen LogP contribution in [0.4, 0.5) is 5.69 Å². The lowest BCUT2D eigenvalue weighted by molar-refractivity contribution is -0.114. The first-order chi connectivity index (χ1) is 12.3. The van der Waals surface area contributed by atoms with Gasteiger partial charge in [-0.3, -0.25) is 4.79 Å². The quantitative estimate of drug-likeness (QED) is 0.640. The highest BCUT2D eigenvalue weighted by Crippen LogP contribution is 2.36. The third-order valence-corrected chi connectivity index (χ3v) is 5.14. The van der Waals surface area contributed by atoms with Gasteiger partial charge in [0.1, 0.15) is 0 Å². The summed E-state index contributed by atoms with van der Waals surface area (Å²) in [6, 6.07) is 8.19. The van der Waals surface area contributed by atoms with Gasteiger partial charge in [0.15, 0.2) is 11.5 Å². The molecule has 0 unspecified atom stereocenters. The molecule has 0 saturated heterocycles. The molecule has 0 aliphatic carbocycles. The molecule has 0 radical (unpaired) electrons.